The molecule has 2 fully saturated rings. The van der Waals surface area contributed by atoms with Crippen LogP contribution in [0.2, 0.25) is 0 Å². The summed E-state index contributed by atoms with van der Waals surface area (Å²) in [5.74, 6) is 1.02. The highest BCUT2D eigenvalue weighted by atomic mass is 16.2. The number of fused-ring (bicyclic) bond motifs is 1. The number of carbonyl (C=O) groups is 2. The van der Waals surface area contributed by atoms with E-state index < -0.39 is 0 Å². The van der Waals surface area contributed by atoms with Crippen LogP contribution in [0.5, 0.6) is 0 Å². The number of Topliss-reactive ketones (excluding diaryl/α,β-unsaturated/α-hetero) is 1. The first-order chi connectivity index (χ1) is 17.0. The van der Waals surface area contributed by atoms with Gasteiger partial charge in [-0.2, -0.15) is 0 Å². The summed E-state index contributed by atoms with van der Waals surface area (Å²) in [6, 6.07) is 8.69. The zero-order valence-electron chi connectivity index (χ0n) is 20.6. The summed E-state index contributed by atoms with van der Waals surface area (Å²) >= 11 is 0. The molecule has 2 saturated heterocycles. The van der Waals surface area contributed by atoms with Crippen molar-refractivity contribution in [1.29, 1.82) is 0 Å². The molecule has 186 valence electrons. The third-order valence-corrected chi connectivity index (χ3v) is 7.98. The second-order valence-electron chi connectivity index (χ2n) is 10.1. The monoisotopic (exact) mass is 476 g/mol. The molecule has 0 spiro atoms. The minimum absolute atomic E-state index is 0.0552. The van der Waals surface area contributed by atoms with Crippen LogP contribution in [-0.4, -0.2) is 69.7 Å². The molecule has 3 aliphatic heterocycles. The molecule has 1 amide bonds. The Bertz CT molecular complexity index is 1040. The van der Waals surface area contributed by atoms with Crippen molar-refractivity contribution in [2.24, 2.45) is 5.92 Å². The number of hydrogen-bond donors (Lipinski definition) is 1. The molecule has 5 rings (SSSR count). The molecule has 0 saturated carbocycles. The topological polar surface area (TPSA) is 95.7 Å². The van der Waals surface area contributed by atoms with E-state index in [1.165, 1.54) is 11.3 Å². The number of aromatic nitrogens is 2. The Morgan fingerprint density at radius 3 is 2.37 bits per heavy atom. The number of nitrogens with zero attached hydrogens (tertiary/aromatic N) is 5. The molecule has 1 aromatic carbocycles. The van der Waals surface area contributed by atoms with Gasteiger partial charge in [-0.05, 0) is 50.4 Å². The van der Waals surface area contributed by atoms with E-state index in [1.54, 1.807) is 12.4 Å². The van der Waals surface area contributed by atoms with E-state index in [4.69, 9.17) is 5.73 Å². The summed E-state index contributed by atoms with van der Waals surface area (Å²) in [7, 11) is 0. The first-order valence-corrected chi connectivity index (χ1v) is 13.0. The lowest BCUT2D eigenvalue weighted by Crippen LogP contribution is -2.52. The van der Waals surface area contributed by atoms with E-state index in [-0.39, 0.29) is 12.0 Å². The van der Waals surface area contributed by atoms with Gasteiger partial charge in [0, 0.05) is 68.1 Å². The van der Waals surface area contributed by atoms with E-state index in [0.29, 0.717) is 30.1 Å². The van der Waals surface area contributed by atoms with Crippen molar-refractivity contribution in [1.82, 2.24) is 19.8 Å². The summed E-state index contributed by atoms with van der Waals surface area (Å²) in [5.41, 5.74) is 9.11. The maximum absolute atomic E-state index is 13.3. The zero-order chi connectivity index (χ0) is 24.4. The number of para-hydroxylation sites is 1. The predicted octanol–water partition coefficient (Wildman–Crippen LogP) is 2.67. The highest BCUT2D eigenvalue weighted by Crippen LogP contribution is 2.37. The lowest BCUT2D eigenvalue weighted by molar-refractivity contribution is -0.138. The number of nitrogens with two attached hydrogens (primary N) is 1. The molecule has 2 aromatic rings. The number of anilines is 2. The average molecular weight is 477 g/mol. The number of nitrogen functional groups attached to an aromatic ring is 1. The maximum Gasteiger partial charge on any atom is 0.225 e. The number of hydrogen-bond acceptors (Lipinski definition) is 7. The average Bonchev–Trinajstić information content (AvgIpc) is 3.29. The lowest BCUT2D eigenvalue weighted by Gasteiger charge is -2.42. The largest absolute Gasteiger partial charge is 0.368 e. The Kier molecular flexibility index (Phi) is 7.00. The van der Waals surface area contributed by atoms with Crippen molar-refractivity contribution in [2.75, 3.05) is 36.8 Å². The van der Waals surface area contributed by atoms with Crippen LogP contribution in [-0.2, 0) is 22.6 Å². The van der Waals surface area contributed by atoms with Gasteiger partial charge in [0.05, 0.1) is 6.04 Å². The first kappa shape index (κ1) is 23.7. The highest BCUT2D eigenvalue weighted by Gasteiger charge is 2.39. The number of rotatable bonds is 6. The van der Waals surface area contributed by atoms with Gasteiger partial charge >= 0.3 is 0 Å². The van der Waals surface area contributed by atoms with Gasteiger partial charge < -0.3 is 15.5 Å². The van der Waals surface area contributed by atoms with E-state index in [2.05, 4.69) is 48.9 Å². The fourth-order valence-electron chi connectivity index (χ4n) is 6.03. The van der Waals surface area contributed by atoms with Crippen LogP contribution in [0, 0.1) is 5.92 Å². The van der Waals surface area contributed by atoms with Gasteiger partial charge in [-0.25, -0.2) is 9.97 Å². The second kappa shape index (κ2) is 10.3. The maximum atomic E-state index is 13.3. The normalized spacial score (nSPS) is 21.8. The smallest absolute Gasteiger partial charge is 0.225 e. The third-order valence-electron chi connectivity index (χ3n) is 7.98. The van der Waals surface area contributed by atoms with E-state index >= 15 is 0 Å². The Balaban J connectivity index is 1.14. The minimum Gasteiger partial charge on any atom is -0.368 e. The van der Waals surface area contributed by atoms with Gasteiger partial charge in [-0.1, -0.05) is 25.1 Å². The van der Waals surface area contributed by atoms with Crippen LogP contribution in [0.15, 0.2) is 36.7 Å². The number of piperidine rings is 2. The molecule has 4 heterocycles. The van der Waals surface area contributed by atoms with Crippen molar-refractivity contribution in [3.8, 4) is 0 Å². The number of benzene rings is 1. The van der Waals surface area contributed by atoms with Crippen molar-refractivity contribution < 1.29 is 9.59 Å². The molecule has 2 N–H and O–H groups in total. The number of carbonyl (C=O) groups excluding carboxylic acids is 2. The molecule has 0 radical (unpaired) electrons. The third kappa shape index (κ3) is 5.03. The van der Waals surface area contributed by atoms with Crippen molar-refractivity contribution in [3.05, 3.63) is 47.8 Å². The summed E-state index contributed by atoms with van der Waals surface area (Å²) in [6.07, 6.45) is 8.55. The highest BCUT2D eigenvalue weighted by molar-refractivity contribution is 5.90. The van der Waals surface area contributed by atoms with E-state index in [0.717, 1.165) is 70.4 Å². The van der Waals surface area contributed by atoms with Crippen molar-refractivity contribution in [2.45, 2.75) is 64.1 Å². The summed E-state index contributed by atoms with van der Waals surface area (Å²) in [6.45, 7) is 6.11. The molecule has 8 nitrogen and oxygen atoms in total. The molecule has 8 heteroatoms. The minimum atomic E-state index is -0.0552. The number of ketones is 1. The number of amides is 1. The molecule has 35 heavy (non-hydrogen) atoms. The van der Waals surface area contributed by atoms with Gasteiger partial charge in [-0.15, -0.1) is 0 Å². The fraction of sp³-hybridized carbons (Fsp3) is 0.556. The van der Waals surface area contributed by atoms with Crippen LogP contribution in [0.1, 0.15) is 50.2 Å². The van der Waals surface area contributed by atoms with Gasteiger partial charge in [0.15, 0.2) is 5.78 Å². The van der Waals surface area contributed by atoms with Crippen molar-refractivity contribution >= 4 is 23.3 Å². The van der Waals surface area contributed by atoms with Gasteiger partial charge in [0.1, 0.15) is 0 Å². The Labute approximate surface area is 207 Å². The van der Waals surface area contributed by atoms with Gasteiger partial charge in [-0.3, -0.25) is 14.5 Å². The second-order valence-corrected chi connectivity index (χ2v) is 10.1. The predicted molar refractivity (Wildman–Crippen MR) is 136 cm³/mol. The fourth-order valence-corrected chi connectivity index (χ4v) is 6.03. The lowest BCUT2D eigenvalue weighted by atomic mass is 9.93. The van der Waals surface area contributed by atoms with Crippen LogP contribution in [0.4, 0.5) is 11.6 Å². The molecule has 0 bridgehead atoms. The summed E-state index contributed by atoms with van der Waals surface area (Å²) in [4.78, 5) is 41.0. The first-order valence-electron chi connectivity index (χ1n) is 13.0. The Hall–Kier alpha value is -3.00. The van der Waals surface area contributed by atoms with E-state index in [1.807, 2.05) is 6.92 Å². The SMILES string of the molecule is CCC(=O)C1Cc2ccccc2N1C1CCN(C(=O)C2CCN(Cc3cnc(N)nc3)CC2)CC1. The molecule has 1 atom stereocenters. The quantitative estimate of drug-likeness (QED) is 0.685. The molecular weight excluding hydrogens is 440 g/mol. The molecule has 1 unspecified atom stereocenters. The Morgan fingerprint density at radius 1 is 1.00 bits per heavy atom. The van der Waals surface area contributed by atoms with Gasteiger partial charge in [0.2, 0.25) is 11.9 Å². The number of likely N-dealkylation sites (tertiary alicyclic amines) is 2. The summed E-state index contributed by atoms with van der Waals surface area (Å²) < 4.78 is 0. The molecule has 0 aliphatic carbocycles. The molecule has 1 aromatic heterocycles. The van der Waals surface area contributed by atoms with Gasteiger partial charge in [0.25, 0.3) is 0 Å². The van der Waals surface area contributed by atoms with Crippen LogP contribution < -0.4 is 10.6 Å². The zero-order valence-corrected chi connectivity index (χ0v) is 20.6. The van der Waals surface area contributed by atoms with Crippen LogP contribution >= 0.6 is 0 Å². The summed E-state index contributed by atoms with van der Waals surface area (Å²) in [5, 5.41) is 0. The van der Waals surface area contributed by atoms with Crippen molar-refractivity contribution in [3.63, 3.8) is 0 Å². The van der Waals surface area contributed by atoms with Crippen LogP contribution in [0.25, 0.3) is 0 Å². The van der Waals surface area contributed by atoms with E-state index in [9.17, 15) is 9.59 Å². The van der Waals surface area contributed by atoms with Crippen LogP contribution in [0.3, 0.4) is 0 Å². The molecular formula is C27H36N6O2. The molecule has 3 aliphatic rings. The Morgan fingerprint density at radius 2 is 1.69 bits per heavy atom. The standard InChI is InChI=1S/C27H36N6O2/c1-2-25(34)24-15-21-5-3-4-6-23(21)33(24)22-9-13-32(14-10-22)26(35)20-7-11-31(12-8-20)18-19-16-29-27(28)30-17-19/h3-6,16-17,20,22,24H,2,7-15,18H2,1H3,(H2,28,29,30).